The minimum atomic E-state index is -0.474. The van der Waals surface area contributed by atoms with Gasteiger partial charge in [0.2, 0.25) is 0 Å². The molecule has 3 nitrogen and oxygen atoms in total. The molecular formula is C16H23NO2. The molecule has 0 radical (unpaired) electrons. The van der Waals surface area contributed by atoms with E-state index in [9.17, 15) is 4.79 Å². The van der Waals surface area contributed by atoms with Gasteiger partial charge in [-0.2, -0.15) is 0 Å². The van der Waals surface area contributed by atoms with Crippen LogP contribution in [0.1, 0.15) is 38.7 Å². The van der Waals surface area contributed by atoms with Crippen molar-refractivity contribution in [3.05, 3.63) is 35.9 Å². The Morgan fingerprint density at radius 1 is 1.37 bits per heavy atom. The first-order valence-electron chi connectivity index (χ1n) is 7.11. The molecule has 2 unspecified atom stereocenters. The number of ether oxygens (including phenoxy) is 1. The van der Waals surface area contributed by atoms with Crippen molar-refractivity contribution in [1.82, 2.24) is 4.90 Å². The first-order chi connectivity index (χ1) is 9.14. The van der Waals surface area contributed by atoms with Crippen molar-refractivity contribution < 1.29 is 9.53 Å². The van der Waals surface area contributed by atoms with Crippen molar-refractivity contribution in [2.24, 2.45) is 0 Å². The molecule has 1 aromatic rings. The van der Waals surface area contributed by atoms with Gasteiger partial charge in [-0.15, -0.1) is 0 Å². The number of hydrogen-bond donors (Lipinski definition) is 0. The molecule has 0 bridgehead atoms. The van der Waals surface area contributed by atoms with E-state index in [4.69, 9.17) is 4.74 Å². The molecule has 19 heavy (non-hydrogen) atoms. The number of carbonyl (C=O) groups is 1. The van der Waals surface area contributed by atoms with E-state index >= 15 is 0 Å². The summed E-state index contributed by atoms with van der Waals surface area (Å²) in [6.45, 7) is 4.97. The number of likely N-dealkylation sites (tertiary alicyclic amines) is 1. The van der Waals surface area contributed by atoms with Gasteiger partial charge in [-0.05, 0) is 19.0 Å². The third-order valence-electron chi connectivity index (χ3n) is 4.14. The first-order valence-corrected chi connectivity index (χ1v) is 7.11. The third kappa shape index (κ3) is 2.52. The Kier molecular flexibility index (Phi) is 4.25. The Balaban J connectivity index is 2.41. The summed E-state index contributed by atoms with van der Waals surface area (Å²) in [6, 6.07) is 10.4. The molecule has 0 aliphatic carbocycles. The lowest BCUT2D eigenvalue weighted by molar-refractivity contribution is -0.163. The number of carbonyl (C=O) groups excluding carboxylic acids is 1. The molecule has 3 heteroatoms. The SMILES string of the molecule is CCC(=O)OC1(c2ccccc2)CCN(C)C1CC. The maximum atomic E-state index is 11.9. The van der Waals surface area contributed by atoms with Crippen molar-refractivity contribution in [3.63, 3.8) is 0 Å². The van der Waals surface area contributed by atoms with Crippen LogP contribution in [0.25, 0.3) is 0 Å². The lowest BCUT2D eigenvalue weighted by Crippen LogP contribution is -2.44. The molecule has 1 fully saturated rings. The van der Waals surface area contributed by atoms with E-state index in [1.54, 1.807) is 0 Å². The van der Waals surface area contributed by atoms with Gasteiger partial charge in [0.25, 0.3) is 0 Å². The van der Waals surface area contributed by atoms with Crippen LogP contribution in [0.3, 0.4) is 0 Å². The van der Waals surface area contributed by atoms with Gasteiger partial charge in [-0.3, -0.25) is 9.69 Å². The molecule has 2 atom stereocenters. The average Bonchev–Trinajstić information content (AvgIpc) is 2.77. The highest BCUT2D eigenvalue weighted by molar-refractivity contribution is 5.70. The molecule has 0 N–H and O–H groups in total. The van der Waals surface area contributed by atoms with Crippen LogP contribution in [0.4, 0.5) is 0 Å². The molecule has 0 saturated carbocycles. The van der Waals surface area contributed by atoms with Gasteiger partial charge < -0.3 is 4.74 Å². The number of esters is 1. The zero-order valence-electron chi connectivity index (χ0n) is 12.1. The smallest absolute Gasteiger partial charge is 0.306 e. The largest absolute Gasteiger partial charge is 0.452 e. The van der Waals surface area contributed by atoms with Gasteiger partial charge >= 0.3 is 5.97 Å². The summed E-state index contributed by atoms with van der Waals surface area (Å²) in [4.78, 5) is 14.2. The van der Waals surface area contributed by atoms with Crippen molar-refractivity contribution in [2.45, 2.75) is 44.8 Å². The fraction of sp³-hybridized carbons (Fsp3) is 0.562. The highest BCUT2D eigenvalue weighted by Gasteiger charge is 2.49. The van der Waals surface area contributed by atoms with Crippen LogP contribution in [-0.2, 0) is 15.1 Å². The van der Waals surface area contributed by atoms with Gasteiger partial charge in [-0.25, -0.2) is 0 Å². The van der Waals surface area contributed by atoms with E-state index in [2.05, 4.69) is 31.0 Å². The standard InChI is InChI=1S/C16H23NO2/c1-4-14-16(11-12-17(14)3,19-15(18)5-2)13-9-7-6-8-10-13/h6-10,14H,4-5,11-12H2,1-3H3. The Morgan fingerprint density at radius 3 is 2.63 bits per heavy atom. The molecule has 2 rings (SSSR count). The number of likely N-dealkylation sites (N-methyl/N-ethyl adjacent to an activating group) is 1. The van der Waals surface area contributed by atoms with Gasteiger partial charge in [0.1, 0.15) is 0 Å². The van der Waals surface area contributed by atoms with Crippen LogP contribution in [0.5, 0.6) is 0 Å². The van der Waals surface area contributed by atoms with Crippen LogP contribution < -0.4 is 0 Å². The van der Waals surface area contributed by atoms with Gasteiger partial charge in [0.15, 0.2) is 5.60 Å². The van der Waals surface area contributed by atoms with E-state index in [1.807, 2.05) is 25.1 Å². The highest BCUT2D eigenvalue weighted by Crippen LogP contribution is 2.42. The van der Waals surface area contributed by atoms with Gasteiger partial charge in [-0.1, -0.05) is 44.2 Å². The monoisotopic (exact) mass is 261 g/mol. The first kappa shape index (κ1) is 14.1. The van der Waals surface area contributed by atoms with E-state index in [0.717, 1.165) is 24.9 Å². The predicted molar refractivity (Wildman–Crippen MR) is 75.8 cm³/mol. The average molecular weight is 261 g/mol. The normalized spacial score (nSPS) is 27.4. The molecule has 0 spiro atoms. The summed E-state index contributed by atoms with van der Waals surface area (Å²) < 4.78 is 5.93. The number of rotatable bonds is 4. The number of hydrogen-bond acceptors (Lipinski definition) is 3. The molecule has 1 aliphatic heterocycles. The van der Waals surface area contributed by atoms with Crippen LogP contribution in [0, 0.1) is 0 Å². The topological polar surface area (TPSA) is 29.5 Å². The van der Waals surface area contributed by atoms with Crippen LogP contribution >= 0.6 is 0 Å². The van der Waals surface area contributed by atoms with E-state index in [-0.39, 0.29) is 12.0 Å². The number of nitrogens with zero attached hydrogens (tertiary/aromatic N) is 1. The zero-order valence-corrected chi connectivity index (χ0v) is 12.1. The van der Waals surface area contributed by atoms with Gasteiger partial charge in [0, 0.05) is 19.4 Å². The molecule has 1 aromatic carbocycles. The second-order valence-corrected chi connectivity index (χ2v) is 5.24. The molecular weight excluding hydrogens is 238 g/mol. The molecule has 0 amide bonds. The molecule has 104 valence electrons. The van der Waals surface area contributed by atoms with Crippen molar-refractivity contribution in [3.8, 4) is 0 Å². The Labute approximate surface area is 115 Å². The van der Waals surface area contributed by atoms with E-state index < -0.39 is 5.60 Å². The summed E-state index contributed by atoms with van der Waals surface area (Å²) in [5, 5.41) is 0. The summed E-state index contributed by atoms with van der Waals surface area (Å²) in [7, 11) is 2.11. The van der Waals surface area contributed by atoms with Crippen molar-refractivity contribution >= 4 is 5.97 Å². The maximum Gasteiger partial charge on any atom is 0.306 e. The minimum absolute atomic E-state index is 0.113. The maximum absolute atomic E-state index is 11.9. The fourth-order valence-electron chi connectivity index (χ4n) is 3.17. The fourth-order valence-corrected chi connectivity index (χ4v) is 3.17. The predicted octanol–water partition coefficient (Wildman–Crippen LogP) is 2.95. The second-order valence-electron chi connectivity index (χ2n) is 5.24. The minimum Gasteiger partial charge on any atom is -0.452 e. The Bertz CT molecular complexity index is 432. The van der Waals surface area contributed by atoms with E-state index in [0.29, 0.717) is 6.42 Å². The summed E-state index contributed by atoms with van der Waals surface area (Å²) >= 11 is 0. The third-order valence-corrected chi connectivity index (χ3v) is 4.14. The van der Waals surface area contributed by atoms with Crippen LogP contribution in [0.2, 0.25) is 0 Å². The lowest BCUT2D eigenvalue weighted by Gasteiger charge is -2.36. The van der Waals surface area contributed by atoms with Crippen molar-refractivity contribution in [2.75, 3.05) is 13.6 Å². The molecule has 0 aromatic heterocycles. The summed E-state index contributed by atoms with van der Waals surface area (Å²) in [6.07, 6.45) is 2.27. The molecule has 1 saturated heterocycles. The summed E-state index contributed by atoms with van der Waals surface area (Å²) in [5.74, 6) is -0.113. The van der Waals surface area contributed by atoms with Crippen LogP contribution in [-0.4, -0.2) is 30.5 Å². The molecule has 1 heterocycles. The summed E-state index contributed by atoms with van der Waals surface area (Å²) in [5.41, 5.74) is 0.644. The van der Waals surface area contributed by atoms with Crippen molar-refractivity contribution in [1.29, 1.82) is 0 Å². The highest BCUT2D eigenvalue weighted by atomic mass is 16.6. The quantitative estimate of drug-likeness (QED) is 0.780. The van der Waals surface area contributed by atoms with Gasteiger partial charge in [0.05, 0.1) is 6.04 Å². The van der Waals surface area contributed by atoms with E-state index in [1.165, 1.54) is 0 Å². The van der Waals surface area contributed by atoms with Crippen LogP contribution in [0.15, 0.2) is 30.3 Å². The Hall–Kier alpha value is -1.35. The zero-order chi connectivity index (χ0) is 13.9. The number of benzene rings is 1. The Morgan fingerprint density at radius 2 is 2.05 bits per heavy atom. The lowest BCUT2D eigenvalue weighted by atomic mass is 9.84. The second kappa shape index (κ2) is 5.74. The molecule has 1 aliphatic rings.